The number of benzene rings is 1. The van der Waals surface area contributed by atoms with Gasteiger partial charge in [0.25, 0.3) is 5.69 Å². The van der Waals surface area contributed by atoms with E-state index >= 15 is 0 Å². The molecule has 0 spiro atoms. The van der Waals surface area contributed by atoms with E-state index in [-0.39, 0.29) is 31.1 Å². The topological polar surface area (TPSA) is 163 Å². The Morgan fingerprint density at radius 3 is 2.77 bits per heavy atom. The first-order chi connectivity index (χ1) is 12.3. The van der Waals surface area contributed by atoms with Crippen molar-refractivity contribution in [1.82, 2.24) is 9.36 Å². The van der Waals surface area contributed by atoms with Crippen molar-refractivity contribution in [3.8, 4) is 0 Å². The third kappa shape index (κ3) is 5.76. The van der Waals surface area contributed by atoms with E-state index in [1.165, 1.54) is 18.5 Å². The smallest absolute Gasteiger partial charge is 0.726 e. The minimum atomic E-state index is -4.79. The molecule has 0 amide bonds. The van der Waals surface area contributed by atoms with E-state index in [9.17, 15) is 23.1 Å². The molecule has 0 aliphatic rings. The molecule has 0 fully saturated rings. The minimum absolute atomic E-state index is 0. The third-order valence-electron chi connectivity index (χ3n) is 3.08. The van der Waals surface area contributed by atoms with Crippen LogP contribution in [0.2, 0.25) is 0 Å². The summed E-state index contributed by atoms with van der Waals surface area (Å²) in [5.41, 5.74) is 0.191. The molecule has 0 saturated carbocycles. The summed E-state index contributed by atoms with van der Waals surface area (Å²) >= 11 is 0.991. The van der Waals surface area contributed by atoms with E-state index in [0.717, 1.165) is 11.5 Å². The Hall–Kier alpha value is -2.55. The van der Waals surface area contributed by atoms with Gasteiger partial charge in [-0.05, 0) is 19.1 Å². The second kappa shape index (κ2) is 8.70. The maximum atomic E-state index is 11.3. The Balaban J connectivity index is 0.00000364. The molecular formula is C12H14N6O6S2. The predicted octanol–water partition coefficient (Wildman–Crippen LogP) is 2.28. The average Bonchev–Trinajstić information content (AvgIpc) is 3.09. The van der Waals surface area contributed by atoms with Crippen molar-refractivity contribution in [2.45, 2.75) is 6.92 Å². The number of nitro groups is 1. The van der Waals surface area contributed by atoms with Gasteiger partial charge >= 0.3 is 1.43 Å². The van der Waals surface area contributed by atoms with Crippen LogP contribution in [0.3, 0.4) is 0 Å². The van der Waals surface area contributed by atoms with Crippen LogP contribution >= 0.6 is 11.5 Å². The van der Waals surface area contributed by atoms with Crippen LogP contribution in [-0.2, 0) is 14.6 Å². The van der Waals surface area contributed by atoms with Crippen LogP contribution in [0.15, 0.2) is 34.8 Å². The Morgan fingerprint density at radius 1 is 1.42 bits per heavy atom. The van der Waals surface area contributed by atoms with Gasteiger partial charge in [-0.25, -0.2) is 13.4 Å². The van der Waals surface area contributed by atoms with Gasteiger partial charge in [0.2, 0.25) is 15.5 Å². The number of rotatable bonds is 9. The molecule has 1 aromatic carbocycles. The largest absolute Gasteiger partial charge is 1.00 e. The normalized spacial score (nSPS) is 11.8. The van der Waals surface area contributed by atoms with Gasteiger partial charge in [-0.1, -0.05) is 0 Å². The summed E-state index contributed by atoms with van der Waals surface area (Å²) < 4.78 is 39.3. The minimum Gasteiger partial charge on any atom is -0.726 e. The standard InChI is InChI=1S/C12H14N6O6S2/c1-2-17(5-6-24-26(21,22)23)9-3-4-10(11(7-9)18(19)20)15-16-12-13-8-14-25-12/h3-4,7-8H,2,5-6H2,1H3,(H,21,22,23). The lowest BCUT2D eigenvalue weighted by Gasteiger charge is -2.23. The SMILES string of the molecule is CCN(CCOS(=O)(=O)[O-])c1ccc(N=Nc2ncns2)c([N+](=O)[O-])c1.[H+]. The van der Waals surface area contributed by atoms with Gasteiger partial charge in [0.15, 0.2) is 5.69 Å². The highest BCUT2D eigenvalue weighted by Crippen LogP contribution is 2.33. The highest BCUT2D eigenvalue weighted by Gasteiger charge is 2.17. The van der Waals surface area contributed by atoms with Gasteiger partial charge < -0.3 is 9.45 Å². The highest BCUT2D eigenvalue weighted by molar-refractivity contribution is 7.80. The van der Waals surface area contributed by atoms with Crippen LogP contribution in [-0.4, -0.2) is 46.9 Å². The number of nitro benzene ring substituents is 1. The lowest BCUT2D eigenvalue weighted by molar-refractivity contribution is -0.384. The number of nitrogens with zero attached hydrogens (tertiary/aromatic N) is 6. The number of azo groups is 1. The zero-order valence-corrected chi connectivity index (χ0v) is 15.0. The zero-order chi connectivity index (χ0) is 19.2. The molecule has 2 rings (SSSR count). The summed E-state index contributed by atoms with van der Waals surface area (Å²) in [7, 11) is -4.79. The molecule has 140 valence electrons. The molecule has 0 saturated heterocycles. The van der Waals surface area contributed by atoms with Crippen molar-refractivity contribution in [1.29, 1.82) is 0 Å². The van der Waals surface area contributed by atoms with Crippen molar-refractivity contribution in [3.05, 3.63) is 34.6 Å². The highest BCUT2D eigenvalue weighted by atomic mass is 32.3. The van der Waals surface area contributed by atoms with Crippen LogP contribution in [0.5, 0.6) is 0 Å². The van der Waals surface area contributed by atoms with E-state index in [1.54, 1.807) is 17.9 Å². The molecule has 0 N–H and O–H groups in total. The fourth-order valence-electron chi connectivity index (χ4n) is 1.97. The lowest BCUT2D eigenvalue weighted by atomic mass is 10.2. The van der Waals surface area contributed by atoms with Crippen molar-refractivity contribution in [3.63, 3.8) is 0 Å². The summed E-state index contributed by atoms with van der Waals surface area (Å²) in [6.07, 6.45) is 1.29. The molecule has 1 heterocycles. The Kier molecular flexibility index (Phi) is 6.62. The van der Waals surface area contributed by atoms with Gasteiger partial charge in [0, 0.05) is 36.4 Å². The number of likely N-dealkylation sites (N-methyl/N-ethyl adjacent to an activating group) is 1. The van der Waals surface area contributed by atoms with Gasteiger partial charge in [0.1, 0.15) is 6.33 Å². The zero-order valence-electron chi connectivity index (χ0n) is 14.4. The fraction of sp³-hybridized carbons (Fsp3) is 0.333. The van der Waals surface area contributed by atoms with Crippen molar-refractivity contribution in [2.75, 3.05) is 24.6 Å². The third-order valence-corrected chi connectivity index (χ3v) is 4.09. The average molecular weight is 402 g/mol. The molecule has 0 aliphatic carbocycles. The second-order valence-corrected chi connectivity index (χ2v) is 6.47. The van der Waals surface area contributed by atoms with Gasteiger partial charge in [-0.2, -0.15) is 4.37 Å². The van der Waals surface area contributed by atoms with Gasteiger partial charge in [0.05, 0.1) is 11.5 Å². The lowest BCUT2D eigenvalue weighted by Crippen LogP contribution is -2.28. The van der Waals surface area contributed by atoms with E-state index < -0.39 is 15.3 Å². The summed E-state index contributed by atoms with van der Waals surface area (Å²) in [4.78, 5) is 16.1. The first-order valence-corrected chi connectivity index (χ1v) is 9.23. The fourth-order valence-corrected chi connectivity index (χ4v) is 2.61. The maximum Gasteiger partial charge on any atom is 1.00 e. The molecule has 26 heavy (non-hydrogen) atoms. The second-order valence-electron chi connectivity index (χ2n) is 4.66. The molecule has 0 radical (unpaired) electrons. The van der Waals surface area contributed by atoms with Crippen LogP contribution in [0.1, 0.15) is 8.35 Å². The quantitative estimate of drug-likeness (QED) is 0.201. The molecule has 0 aliphatic heterocycles. The van der Waals surface area contributed by atoms with E-state index in [2.05, 4.69) is 23.8 Å². The monoisotopic (exact) mass is 402 g/mol. The molecular weight excluding hydrogens is 388 g/mol. The van der Waals surface area contributed by atoms with Crippen molar-refractivity contribution < 1.29 is 23.5 Å². The molecule has 0 bridgehead atoms. The van der Waals surface area contributed by atoms with Crippen LogP contribution in [0, 0.1) is 10.1 Å². The molecule has 12 nitrogen and oxygen atoms in total. The van der Waals surface area contributed by atoms with Crippen LogP contribution in [0.25, 0.3) is 0 Å². The van der Waals surface area contributed by atoms with Crippen LogP contribution < -0.4 is 4.90 Å². The molecule has 1 aromatic heterocycles. The summed E-state index contributed by atoms with van der Waals surface area (Å²) in [6, 6.07) is 4.26. The molecule has 0 atom stereocenters. The van der Waals surface area contributed by atoms with E-state index in [1.807, 2.05) is 0 Å². The number of hydrogen-bond acceptors (Lipinski definition) is 12. The first-order valence-electron chi connectivity index (χ1n) is 7.12. The maximum absolute atomic E-state index is 11.3. The summed E-state index contributed by atoms with van der Waals surface area (Å²) in [5, 5.41) is 19.2. The number of aromatic nitrogens is 2. The Labute approximate surface area is 153 Å². The Morgan fingerprint density at radius 2 is 2.19 bits per heavy atom. The molecule has 0 unspecified atom stereocenters. The predicted molar refractivity (Wildman–Crippen MR) is 91.8 cm³/mol. The van der Waals surface area contributed by atoms with Gasteiger partial charge in [-0.3, -0.25) is 14.3 Å². The summed E-state index contributed by atoms with van der Waals surface area (Å²) in [6.45, 7) is 1.86. The van der Waals surface area contributed by atoms with Crippen molar-refractivity contribution >= 4 is 44.1 Å². The van der Waals surface area contributed by atoms with Crippen molar-refractivity contribution in [2.24, 2.45) is 10.2 Å². The number of hydrogen-bond donors (Lipinski definition) is 0. The molecule has 2 aromatic rings. The Bertz CT molecular complexity index is 892. The number of anilines is 1. The molecule has 14 heteroatoms. The van der Waals surface area contributed by atoms with E-state index in [0.29, 0.717) is 12.2 Å². The van der Waals surface area contributed by atoms with Crippen LogP contribution in [0.4, 0.5) is 22.2 Å². The van der Waals surface area contributed by atoms with E-state index in [4.69, 9.17) is 0 Å². The first kappa shape index (κ1) is 19.8. The summed E-state index contributed by atoms with van der Waals surface area (Å²) in [5.74, 6) is 0. The van der Waals surface area contributed by atoms with Gasteiger partial charge in [-0.15, -0.1) is 10.2 Å².